The van der Waals surface area contributed by atoms with Crippen molar-refractivity contribution in [1.29, 1.82) is 0 Å². The van der Waals surface area contributed by atoms with Gasteiger partial charge in [-0.15, -0.1) is 11.3 Å². The standard InChI is InChI=1S/C19H19NO5S/c21-18(20-8-2-1-3-13(20)19(22)23)17-7-6-16(26-17)12-4-5-14-15(11-12)25-10-9-24-14/h4-7,11,13H,1-3,8-10H2,(H,22,23). The van der Waals surface area contributed by atoms with Crippen LogP contribution in [-0.2, 0) is 4.79 Å². The van der Waals surface area contributed by atoms with Crippen LogP contribution >= 0.6 is 11.3 Å². The third kappa shape index (κ3) is 3.14. The Kier molecular flexibility index (Phi) is 4.55. The number of ether oxygens (including phenoxy) is 2. The Balaban J connectivity index is 1.57. The zero-order chi connectivity index (χ0) is 18.1. The molecule has 1 unspecified atom stereocenters. The monoisotopic (exact) mass is 373 g/mol. The first kappa shape index (κ1) is 16.9. The first-order chi connectivity index (χ1) is 12.6. The van der Waals surface area contributed by atoms with Gasteiger partial charge in [0, 0.05) is 11.4 Å². The summed E-state index contributed by atoms with van der Waals surface area (Å²) in [6.45, 7) is 1.56. The summed E-state index contributed by atoms with van der Waals surface area (Å²) in [5.74, 6) is 0.301. The normalized spacial score (nSPS) is 19.2. The van der Waals surface area contributed by atoms with Gasteiger partial charge in [-0.2, -0.15) is 0 Å². The smallest absolute Gasteiger partial charge is 0.326 e. The number of aliphatic carboxylic acids is 1. The molecule has 1 N–H and O–H groups in total. The van der Waals surface area contributed by atoms with Gasteiger partial charge in [0.2, 0.25) is 0 Å². The van der Waals surface area contributed by atoms with Gasteiger partial charge in [-0.1, -0.05) is 0 Å². The van der Waals surface area contributed by atoms with Gasteiger partial charge in [-0.3, -0.25) is 4.79 Å². The minimum atomic E-state index is -0.929. The summed E-state index contributed by atoms with van der Waals surface area (Å²) in [5, 5.41) is 9.38. The molecule has 1 atom stereocenters. The second kappa shape index (κ2) is 6.99. The van der Waals surface area contributed by atoms with E-state index in [-0.39, 0.29) is 5.91 Å². The van der Waals surface area contributed by atoms with E-state index < -0.39 is 12.0 Å². The lowest BCUT2D eigenvalue weighted by molar-refractivity contribution is -0.143. The van der Waals surface area contributed by atoms with Gasteiger partial charge in [0.05, 0.1) is 4.88 Å². The molecule has 136 valence electrons. The Morgan fingerprint density at radius 1 is 1.08 bits per heavy atom. The summed E-state index contributed by atoms with van der Waals surface area (Å²) in [4.78, 5) is 27.3. The number of rotatable bonds is 3. The van der Waals surface area contributed by atoms with Crippen LogP contribution in [-0.4, -0.2) is 47.7 Å². The van der Waals surface area contributed by atoms with Crippen molar-refractivity contribution in [3.63, 3.8) is 0 Å². The van der Waals surface area contributed by atoms with E-state index in [1.807, 2.05) is 24.3 Å². The highest BCUT2D eigenvalue weighted by Crippen LogP contribution is 2.37. The highest BCUT2D eigenvalue weighted by molar-refractivity contribution is 7.17. The molecule has 0 radical (unpaired) electrons. The van der Waals surface area contributed by atoms with Crippen LogP contribution in [0.5, 0.6) is 11.5 Å². The highest BCUT2D eigenvalue weighted by atomic mass is 32.1. The first-order valence-electron chi connectivity index (χ1n) is 8.67. The van der Waals surface area contributed by atoms with Crippen LogP contribution in [0.3, 0.4) is 0 Å². The molecule has 0 bridgehead atoms. The number of carbonyl (C=O) groups excluding carboxylic acids is 1. The highest BCUT2D eigenvalue weighted by Gasteiger charge is 2.33. The molecule has 1 fully saturated rings. The molecule has 0 saturated carbocycles. The number of hydrogen-bond donors (Lipinski definition) is 1. The predicted octanol–water partition coefficient (Wildman–Crippen LogP) is 3.27. The average molecular weight is 373 g/mol. The lowest BCUT2D eigenvalue weighted by Gasteiger charge is -2.32. The van der Waals surface area contributed by atoms with Gasteiger partial charge in [-0.05, 0) is 55.2 Å². The number of carboxylic acid groups (broad SMARTS) is 1. The number of fused-ring (bicyclic) bond motifs is 1. The van der Waals surface area contributed by atoms with Crippen LogP contribution in [0, 0.1) is 0 Å². The second-order valence-corrected chi connectivity index (χ2v) is 7.45. The lowest BCUT2D eigenvalue weighted by atomic mass is 10.0. The molecule has 0 spiro atoms. The molecular formula is C19H19NO5S. The van der Waals surface area contributed by atoms with Crippen molar-refractivity contribution < 1.29 is 24.2 Å². The van der Waals surface area contributed by atoms with Gasteiger partial charge in [0.25, 0.3) is 5.91 Å². The van der Waals surface area contributed by atoms with Crippen LogP contribution in [0.4, 0.5) is 0 Å². The first-order valence-corrected chi connectivity index (χ1v) is 9.49. The van der Waals surface area contributed by atoms with Crippen molar-refractivity contribution in [2.45, 2.75) is 25.3 Å². The summed E-state index contributed by atoms with van der Waals surface area (Å²) in [6.07, 6.45) is 2.20. The third-order valence-electron chi connectivity index (χ3n) is 4.69. The van der Waals surface area contributed by atoms with E-state index in [1.54, 1.807) is 6.07 Å². The van der Waals surface area contributed by atoms with Crippen LogP contribution < -0.4 is 9.47 Å². The predicted molar refractivity (Wildman–Crippen MR) is 97.1 cm³/mol. The number of likely N-dealkylation sites (tertiary alicyclic amines) is 1. The lowest BCUT2D eigenvalue weighted by Crippen LogP contribution is -2.47. The Hall–Kier alpha value is -2.54. The minimum Gasteiger partial charge on any atom is -0.486 e. The fourth-order valence-corrected chi connectivity index (χ4v) is 4.34. The van der Waals surface area contributed by atoms with Crippen molar-refractivity contribution in [2.75, 3.05) is 19.8 Å². The Bertz CT molecular complexity index is 846. The quantitative estimate of drug-likeness (QED) is 0.894. The van der Waals surface area contributed by atoms with Crippen molar-refractivity contribution in [3.8, 4) is 21.9 Å². The Morgan fingerprint density at radius 3 is 2.69 bits per heavy atom. The van der Waals surface area contributed by atoms with Gasteiger partial charge in [0.1, 0.15) is 19.3 Å². The van der Waals surface area contributed by atoms with E-state index in [1.165, 1.54) is 16.2 Å². The number of nitrogens with zero attached hydrogens (tertiary/aromatic N) is 1. The number of thiophene rings is 1. The topological polar surface area (TPSA) is 76.1 Å². The SMILES string of the molecule is O=C(O)C1CCCCN1C(=O)c1ccc(-c2ccc3c(c2)OCCO3)s1. The van der Waals surface area contributed by atoms with Crippen LogP contribution in [0.2, 0.25) is 0 Å². The fourth-order valence-electron chi connectivity index (χ4n) is 3.38. The van der Waals surface area contributed by atoms with Gasteiger partial charge < -0.3 is 19.5 Å². The molecule has 1 amide bonds. The third-order valence-corrected chi connectivity index (χ3v) is 5.81. The van der Waals surface area contributed by atoms with Crippen molar-refractivity contribution >= 4 is 23.2 Å². The van der Waals surface area contributed by atoms with E-state index in [0.717, 1.165) is 29.0 Å². The van der Waals surface area contributed by atoms with Gasteiger partial charge in [0.15, 0.2) is 11.5 Å². The molecule has 7 heteroatoms. The maximum Gasteiger partial charge on any atom is 0.326 e. The van der Waals surface area contributed by atoms with Gasteiger partial charge >= 0.3 is 5.97 Å². The molecule has 2 aromatic rings. The Morgan fingerprint density at radius 2 is 1.88 bits per heavy atom. The summed E-state index contributed by atoms with van der Waals surface area (Å²) in [6, 6.07) is 8.66. The van der Waals surface area contributed by atoms with Gasteiger partial charge in [-0.25, -0.2) is 4.79 Å². The van der Waals surface area contributed by atoms with Crippen LogP contribution in [0.15, 0.2) is 30.3 Å². The van der Waals surface area contributed by atoms with Crippen LogP contribution in [0.1, 0.15) is 28.9 Å². The van der Waals surface area contributed by atoms with E-state index in [4.69, 9.17) is 9.47 Å². The minimum absolute atomic E-state index is 0.203. The molecule has 2 aliphatic heterocycles. The molecule has 2 aliphatic rings. The van der Waals surface area contributed by atoms with Crippen molar-refractivity contribution in [1.82, 2.24) is 4.90 Å². The maximum atomic E-state index is 12.8. The molecular weight excluding hydrogens is 354 g/mol. The number of benzene rings is 1. The summed E-state index contributed by atoms with van der Waals surface area (Å²) < 4.78 is 11.1. The molecule has 1 aromatic heterocycles. The molecule has 0 aliphatic carbocycles. The van der Waals surface area contributed by atoms with E-state index in [9.17, 15) is 14.7 Å². The molecule has 4 rings (SSSR count). The fraction of sp³-hybridized carbons (Fsp3) is 0.368. The number of amides is 1. The molecule has 3 heterocycles. The number of carboxylic acids is 1. The molecule has 26 heavy (non-hydrogen) atoms. The van der Waals surface area contributed by atoms with Crippen molar-refractivity contribution in [2.24, 2.45) is 0 Å². The zero-order valence-electron chi connectivity index (χ0n) is 14.1. The van der Waals surface area contributed by atoms with E-state index in [2.05, 4.69) is 0 Å². The number of carbonyl (C=O) groups is 2. The largest absolute Gasteiger partial charge is 0.486 e. The molecule has 1 aromatic carbocycles. The van der Waals surface area contributed by atoms with E-state index >= 15 is 0 Å². The molecule has 1 saturated heterocycles. The maximum absolute atomic E-state index is 12.8. The summed E-state index contributed by atoms with van der Waals surface area (Å²) in [7, 11) is 0. The average Bonchev–Trinajstić information content (AvgIpc) is 3.17. The molecule has 6 nitrogen and oxygen atoms in total. The summed E-state index contributed by atoms with van der Waals surface area (Å²) in [5.41, 5.74) is 0.951. The zero-order valence-corrected chi connectivity index (χ0v) is 15.0. The number of hydrogen-bond acceptors (Lipinski definition) is 5. The summed E-state index contributed by atoms with van der Waals surface area (Å²) >= 11 is 1.37. The van der Waals surface area contributed by atoms with E-state index in [0.29, 0.717) is 36.8 Å². The second-order valence-electron chi connectivity index (χ2n) is 6.37. The Labute approximate surface area is 155 Å². The van der Waals surface area contributed by atoms with Crippen LogP contribution in [0.25, 0.3) is 10.4 Å². The van der Waals surface area contributed by atoms with Crippen molar-refractivity contribution in [3.05, 3.63) is 35.2 Å². The number of piperidine rings is 1.